The van der Waals surface area contributed by atoms with Crippen molar-refractivity contribution < 1.29 is 9.53 Å². The summed E-state index contributed by atoms with van der Waals surface area (Å²) in [6, 6.07) is 0.903. The van der Waals surface area contributed by atoms with Crippen LogP contribution < -0.4 is 5.32 Å². The molecular formula is C16H30N2O2. The van der Waals surface area contributed by atoms with Gasteiger partial charge in [0.05, 0.1) is 7.11 Å². The number of methoxy groups -OCH3 is 1. The van der Waals surface area contributed by atoms with Gasteiger partial charge in [0.1, 0.15) is 0 Å². The van der Waals surface area contributed by atoms with Crippen molar-refractivity contribution in [2.24, 2.45) is 11.8 Å². The molecule has 0 aromatic rings. The maximum atomic E-state index is 11.5. The molecule has 0 radical (unpaired) electrons. The van der Waals surface area contributed by atoms with Gasteiger partial charge < -0.3 is 10.1 Å². The Morgan fingerprint density at radius 3 is 2.70 bits per heavy atom. The third-order valence-corrected chi connectivity index (χ3v) is 5.18. The van der Waals surface area contributed by atoms with E-state index >= 15 is 0 Å². The Labute approximate surface area is 123 Å². The molecule has 1 aliphatic carbocycles. The molecule has 1 saturated heterocycles. The van der Waals surface area contributed by atoms with E-state index in [1.54, 1.807) is 0 Å². The van der Waals surface area contributed by atoms with E-state index in [9.17, 15) is 4.79 Å². The number of amides is 1. The summed E-state index contributed by atoms with van der Waals surface area (Å²) in [6.07, 6.45) is 7.44. The lowest BCUT2D eigenvalue weighted by molar-refractivity contribution is 0.0485. The second kappa shape index (κ2) is 7.30. The van der Waals surface area contributed by atoms with Crippen molar-refractivity contribution in [3.05, 3.63) is 0 Å². The number of likely N-dealkylation sites (tertiary alicyclic amines) is 1. The zero-order valence-corrected chi connectivity index (χ0v) is 13.2. The van der Waals surface area contributed by atoms with Gasteiger partial charge in [-0.1, -0.05) is 19.8 Å². The van der Waals surface area contributed by atoms with Crippen molar-refractivity contribution in [2.45, 2.75) is 64.5 Å². The second-order valence-corrected chi connectivity index (χ2v) is 6.61. The lowest BCUT2D eigenvalue weighted by Crippen LogP contribution is -2.55. The van der Waals surface area contributed by atoms with Crippen molar-refractivity contribution >= 4 is 6.09 Å². The average molecular weight is 282 g/mol. The van der Waals surface area contributed by atoms with Gasteiger partial charge >= 0.3 is 6.09 Å². The highest BCUT2D eigenvalue weighted by Gasteiger charge is 2.34. The summed E-state index contributed by atoms with van der Waals surface area (Å²) in [5.74, 6) is 1.58. The van der Waals surface area contributed by atoms with Crippen LogP contribution in [0.25, 0.3) is 0 Å². The zero-order valence-electron chi connectivity index (χ0n) is 13.2. The Morgan fingerprint density at radius 2 is 2.15 bits per heavy atom. The quantitative estimate of drug-likeness (QED) is 0.842. The van der Waals surface area contributed by atoms with Gasteiger partial charge in [-0.2, -0.15) is 0 Å². The topological polar surface area (TPSA) is 41.6 Å². The molecule has 4 nitrogen and oxygen atoms in total. The van der Waals surface area contributed by atoms with Crippen LogP contribution in [0.1, 0.15) is 52.4 Å². The van der Waals surface area contributed by atoms with E-state index in [-0.39, 0.29) is 12.1 Å². The van der Waals surface area contributed by atoms with Crippen molar-refractivity contribution in [3.63, 3.8) is 0 Å². The fraction of sp³-hybridized carbons (Fsp3) is 0.938. The van der Waals surface area contributed by atoms with E-state index in [4.69, 9.17) is 4.74 Å². The number of nitrogens with one attached hydrogen (secondary N) is 1. The summed E-state index contributed by atoms with van der Waals surface area (Å²) in [5, 5.41) is 3.01. The molecule has 4 heteroatoms. The lowest BCUT2D eigenvalue weighted by Gasteiger charge is -2.45. The molecule has 0 spiro atoms. The highest BCUT2D eigenvalue weighted by Crippen LogP contribution is 2.34. The monoisotopic (exact) mass is 282 g/mol. The number of carbonyl (C=O) groups excluding carboxylic acids is 1. The van der Waals surface area contributed by atoms with Crippen LogP contribution in [-0.4, -0.2) is 43.3 Å². The van der Waals surface area contributed by atoms with Gasteiger partial charge in [0.25, 0.3) is 0 Å². The number of piperidine rings is 1. The van der Waals surface area contributed by atoms with E-state index < -0.39 is 0 Å². The molecule has 116 valence electrons. The number of carbonyl (C=O) groups is 1. The number of hydrogen-bond acceptors (Lipinski definition) is 3. The lowest BCUT2D eigenvalue weighted by atomic mass is 9.78. The van der Waals surface area contributed by atoms with Crippen molar-refractivity contribution in [2.75, 3.05) is 20.2 Å². The van der Waals surface area contributed by atoms with Gasteiger partial charge in [0.15, 0.2) is 0 Å². The zero-order chi connectivity index (χ0) is 14.5. The van der Waals surface area contributed by atoms with E-state index in [2.05, 4.69) is 24.1 Å². The third-order valence-electron chi connectivity index (χ3n) is 5.18. The minimum Gasteiger partial charge on any atom is -0.453 e. The number of rotatable bonds is 5. The smallest absolute Gasteiger partial charge is 0.407 e. The first-order valence-corrected chi connectivity index (χ1v) is 8.22. The van der Waals surface area contributed by atoms with Gasteiger partial charge in [-0.3, -0.25) is 4.90 Å². The molecular weight excluding hydrogens is 252 g/mol. The Balaban J connectivity index is 1.93. The number of alkyl carbamates (subject to hydrolysis) is 1. The number of ether oxygens (including phenoxy) is 1. The molecule has 20 heavy (non-hydrogen) atoms. The first-order valence-electron chi connectivity index (χ1n) is 8.22. The highest BCUT2D eigenvalue weighted by atomic mass is 16.5. The Hall–Kier alpha value is -0.770. The maximum Gasteiger partial charge on any atom is 0.407 e. The summed E-state index contributed by atoms with van der Waals surface area (Å²) < 4.78 is 4.76. The van der Waals surface area contributed by atoms with Crippen molar-refractivity contribution in [1.82, 2.24) is 10.2 Å². The Morgan fingerprint density at radius 1 is 1.40 bits per heavy atom. The van der Waals surface area contributed by atoms with Gasteiger partial charge in [-0.15, -0.1) is 0 Å². The molecule has 1 aliphatic heterocycles. The molecule has 1 heterocycles. The van der Waals surface area contributed by atoms with E-state index in [1.807, 2.05) is 0 Å². The van der Waals surface area contributed by atoms with Crippen LogP contribution in [0.2, 0.25) is 0 Å². The second-order valence-electron chi connectivity index (χ2n) is 6.61. The Bertz CT molecular complexity index is 318. The van der Waals surface area contributed by atoms with Crippen molar-refractivity contribution in [1.29, 1.82) is 0 Å². The van der Waals surface area contributed by atoms with E-state index in [1.165, 1.54) is 45.8 Å². The molecule has 1 amide bonds. The molecule has 3 atom stereocenters. The van der Waals surface area contributed by atoms with Crippen LogP contribution in [0.4, 0.5) is 4.79 Å². The van der Waals surface area contributed by atoms with Gasteiger partial charge in [-0.25, -0.2) is 4.79 Å². The van der Waals surface area contributed by atoms with Crippen LogP contribution in [0, 0.1) is 11.8 Å². The highest BCUT2D eigenvalue weighted by molar-refractivity contribution is 5.67. The summed E-state index contributed by atoms with van der Waals surface area (Å²) in [4.78, 5) is 14.1. The van der Waals surface area contributed by atoms with Crippen LogP contribution in [0.15, 0.2) is 0 Å². The first kappa shape index (κ1) is 15.6. The third kappa shape index (κ3) is 3.87. The summed E-state index contributed by atoms with van der Waals surface area (Å²) in [5.41, 5.74) is 0. The van der Waals surface area contributed by atoms with Gasteiger partial charge in [0.2, 0.25) is 0 Å². The fourth-order valence-corrected chi connectivity index (χ4v) is 3.74. The Kier molecular flexibility index (Phi) is 5.70. The summed E-state index contributed by atoms with van der Waals surface area (Å²) >= 11 is 0. The molecule has 1 saturated carbocycles. The van der Waals surface area contributed by atoms with Gasteiger partial charge in [0, 0.05) is 25.2 Å². The molecule has 2 aliphatic rings. The first-order chi connectivity index (χ1) is 9.63. The average Bonchev–Trinajstić information content (AvgIpc) is 2.36. The number of nitrogens with zero attached hydrogens (tertiary/aromatic N) is 1. The molecule has 3 unspecified atom stereocenters. The van der Waals surface area contributed by atoms with Crippen LogP contribution in [0.3, 0.4) is 0 Å². The fourth-order valence-electron chi connectivity index (χ4n) is 3.74. The number of hydrogen-bond donors (Lipinski definition) is 1. The molecule has 0 bridgehead atoms. The van der Waals surface area contributed by atoms with Crippen molar-refractivity contribution in [3.8, 4) is 0 Å². The van der Waals surface area contributed by atoms with Crippen LogP contribution in [0.5, 0.6) is 0 Å². The minimum atomic E-state index is -0.289. The normalized spacial score (nSPS) is 29.6. The van der Waals surface area contributed by atoms with Gasteiger partial charge in [-0.05, 0) is 44.4 Å². The molecule has 2 fully saturated rings. The predicted octanol–water partition coefficient (Wildman–Crippen LogP) is 3.02. The predicted molar refractivity (Wildman–Crippen MR) is 80.7 cm³/mol. The summed E-state index contributed by atoms with van der Waals surface area (Å²) in [7, 11) is 1.44. The SMILES string of the molecule is CCCC1CC(NC(=O)OC)CN(C(C)C2CCC2)C1. The summed E-state index contributed by atoms with van der Waals surface area (Å²) in [6.45, 7) is 6.79. The van der Waals surface area contributed by atoms with E-state index in [0.717, 1.165) is 18.9 Å². The standard InChI is InChI=1S/C16H30N2O2/c1-4-6-13-9-15(17-16(19)20-3)11-18(10-13)12(2)14-7-5-8-14/h12-15H,4-11H2,1-3H3,(H,17,19). The largest absolute Gasteiger partial charge is 0.453 e. The van der Waals surface area contributed by atoms with E-state index in [0.29, 0.717) is 12.0 Å². The molecule has 1 N–H and O–H groups in total. The maximum absolute atomic E-state index is 11.5. The molecule has 2 rings (SSSR count). The molecule has 0 aromatic carbocycles. The van der Waals surface area contributed by atoms with Crippen LogP contribution in [-0.2, 0) is 4.74 Å². The minimum absolute atomic E-state index is 0.246. The van der Waals surface area contributed by atoms with Crippen LogP contribution >= 0.6 is 0 Å². The molecule has 0 aromatic heterocycles.